The van der Waals surface area contributed by atoms with Gasteiger partial charge in [0.15, 0.2) is 0 Å². The van der Waals surface area contributed by atoms with Gasteiger partial charge >= 0.3 is 5.97 Å². The van der Waals surface area contributed by atoms with E-state index in [0.29, 0.717) is 6.61 Å². The fourth-order valence-electron chi connectivity index (χ4n) is 0.730. The second-order valence-electron chi connectivity index (χ2n) is 2.05. The summed E-state index contributed by atoms with van der Waals surface area (Å²) in [5, 5.41) is 3.03. The third-order valence-electron chi connectivity index (χ3n) is 1.30. The summed E-state index contributed by atoms with van der Waals surface area (Å²) in [6.07, 6.45) is 0.780. The van der Waals surface area contributed by atoms with Crippen molar-refractivity contribution >= 4 is 28.6 Å². The van der Waals surface area contributed by atoms with Crippen molar-refractivity contribution in [2.75, 3.05) is 11.2 Å². The molecular formula is C7H14INO2. The van der Waals surface area contributed by atoms with Crippen LogP contribution in [0.3, 0.4) is 0 Å². The van der Waals surface area contributed by atoms with Crippen LogP contribution in [0.4, 0.5) is 0 Å². The molecule has 11 heavy (non-hydrogen) atoms. The highest BCUT2D eigenvalue weighted by molar-refractivity contribution is 14.1. The van der Waals surface area contributed by atoms with Crippen LogP contribution in [0.25, 0.3) is 0 Å². The summed E-state index contributed by atoms with van der Waals surface area (Å²) in [6.45, 7) is 4.23. The van der Waals surface area contributed by atoms with Crippen LogP contribution in [-0.4, -0.2) is 23.2 Å². The number of halogens is 1. The number of hydrogen-bond donors (Lipinski definition) is 1. The number of nitrogens with one attached hydrogen (secondary N) is 1. The molecule has 1 N–H and O–H groups in total. The number of hydrogen-bond acceptors (Lipinski definition) is 3. The molecule has 1 atom stereocenters. The predicted molar refractivity (Wildman–Crippen MR) is 52.7 cm³/mol. The molecule has 3 nitrogen and oxygen atoms in total. The zero-order valence-electron chi connectivity index (χ0n) is 6.89. The fourth-order valence-corrected chi connectivity index (χ4v) is 1.26. The lowest BCUT2D eigenvalue weighted by Crippen LogP contribution is -2.36. The Balaban J connectivity index is 3.71. The molecule has 0 heterocycles. The van der Waals surface area contributed by atoms with Crippen LogP contribution in [0.2, 0.25) is 0 Å². The van der Waals surface area contributed by atoms with Gasteiger partial charge in [0.2, 0.25) is 0 Å². The summed E-state index contributed by atoms with van der Waals surface area (Å²) in [6, 6.07) is -0.133. The number of esters is 1. The average molecular weight is 271 g/mol. The zero-order chi connectivity index (χ0) is 8.69. The van der Waals surface area contributed by atoms with Crippen LogP contribution in [-0.2, 0) is 9.53 Å². The summed E-state index contributed by atoms with van der Waals surface area (Å²) >= 11 is 2.17. The van der Waals surface area contributed by atoms with Crippen LogP contribution in [0.15, 0.2) is 0 Å². The van der Waals surface area contributed by atoms with Gasteiger partial charge in [0.05, 0.1) is 6.61 Å². The van der Waals surface area contributed by atoms with E-state index in [1.807, 2.05) is 13.8 Å². The lowest BCUT2D eigenvalue weighted by atomic mass is 10.2. The molecule has 0 aliphatic rings. The first kappa shape index (κ1) is 11.2. The predicted octanol–water partition coefficient (Wildman–Crippen LogP) is 1.31. The van der Waals surface area contributed by atoms with E-state index in [9.17, 15) is 4.79 Å². The lowest BCUT2D eigenvalue weighted by Gasteiger charge is -2.12. The topological polar surface area (TPSA) is 38.3 Å². The van der Waals surface area contributed by atoms with Crippen LogP contribution < -0.4 is 5.32 Å². The Labute approximate surface area is 81.0 Å². The average Bonchev–Trinajstić information content (AvgIpc) is 2.00. The Kier molecular flexibility index (Phi) is 6.94. The molecular weight excluding hydrogens is 257 g/mol. The summed E-state index contributed by atoms with van der Waals surface area (Å²) in [7, 11) is 0. The van der Waals surface area contributed by atoms with Gasteiger partial charge in [0.25, 0.3) is 0 Å². The van der Waals surface area contributed by atoms with Crippen LogP contribution in [0.5, 0.6) is 0 Å². The largest absolute Gasteiger partial charge is 0.465 e. The van der Waals surface area contributed by atoms with Crippen LogP contribution in [0.1, 0.15) is 20.3 Å². The summed E-state index contributed by atoms with van der Waals surface area (Å²) in [5.74, 6) is -0.147. The molecule has 0 spiro atoms. The molecule has 0 bridgehead atoms. The smallest absolute Gasteiger partial charge is 0.323 e. The van der Waals surface area contributed by atoms with Crippen molar-refractivity contribution in [3.8, 4) is 0 Å². The molecule has 0 rings (SSSR count). The zero-order valence-corrected chi connectivity index (χ0v) is 9.05. The fraction of sp³-hybridized carbons (Fsp3) is 0.857. The summed E-state index contributed by atoms with van der Waals surface area (Å²) in [5.41, 5.74) is 0. The van der Waals surface area contributed by atoms with Gasteiger partial charge in [-0.1, -0.05) is 29.5 Å². The molecule has 0 aromatic carbocycles. The molecule has 1 unspecified atom stereocenters. The normalized spacial score (nSPS) is 12.6. The van der Waals surface area contributed by atoms with Gasteiger partial charge in [-0.3, -0.25) is 10.1 Å². The van der Waals surface area contributed by atoms with Crippen LogP contribution in [0, 0.1) is 0 Å². The minimum absolute atomic E-state index is 0.133. The number of carbonyl (C=O) groups is 1. The second kappa shape index (κ2) is 6.84. The van der Waals surface area contributed by atoms with E-state index in [2.05, 4.69) is 27.9 Å². The molecule has 4 heteroatoms. The molecule has 66 valence electrons. The minimum atomic E-state index is -0.147. The second-order valence-corrected chi connectivity index (χ2v) is 2.81. The maximum Gasteiger partial charge on any atom is 0.323 e. The van der Waals surface area contributed by atoms with Crippen molar-refractivity contribution in [1.82, 2.24) is 5.32 Å². The Bertz CT molecular complexity index is 119. The van der Waals surface area contributed by atoms with Crippen molar-refractivity contribution in [3.63, 3.8) is 0 Å². The summed E-state index contributed by atoms with van der Waals surface area (Å²) < 4.78 is 5.62. The molecule has 0 saturated carbocycles. The van der Waals surface area contributed by atoms with E-state index in [1.54, 1.807) is 0 Å². The Hall–Kier alpha value is 0.160. The van der Waals surface area contributed by atoms with E-state index in [-0.39, 0.29) is 12.0 Å². The highest BCUT2D eigenvalue weighted by Crippen LogP contribution is 1.95. The monoisotopic (exact) mass is 271 g/mol. The van der Waals surface area contributed by atoms with Gasteiger partial charge < -0.3 is 4.74 Å². The van der Waals surface area contributed by atoms with Gasteiger partial charge in [-0.15, -0.1) is 0 Å². The van der Waals surface area contributed by atoms with E-state index >= 15 is 0 Å². The molecule has 0 radical (unpaired) electrons. The van der Waals surface area contributed by atoms with Gasteiger partial charge in [-0.2, -0.15) is 0 Å². The van der Waals surface area contributed by atoms with Gasteiger partial charge in [0.1, 0.15) is 6.04 Å². The standard InChI is InChI=1S/C7H14INO2/c1-3-6(9-5-8)7(10)11-4-2/h6,9H,3-5H2,1-2H3. The van der Waals surface area contributed by atoms with Gasteiger partial charge in [0, 0.05) is 4.55 Å². The summed E-state index contributed by atoms with van der Waals surface area (Å²) in [4.78, 5) is 11.1. The Morgan fingerprint density at radius 3 is 2.64 bits per heavy atom. The number of ether oxygens (including phenoxy) is 1. The van der Waals surface area contributed by atoms with E-state index in [4.69, 9.17) is 4.74 Å². The molecule has 0 saturated heterocycles. The molecule has 0 fully saturated rings. The van der Waals surface area contributed by atoms with Crippen LogP contribution >= 0.6 is 22.6 Å². The quantitative estimate of drug-likeness (QED) is 0.354. The Morgan fingerprint density at radius 1 is 1.64 bits per heavy atom. The minimum Gasteiger partial charge on any atom is -0.465 e. The SMILES string of the molecule is CCOC(=O)C(CC)NCI. The molecule has 0 aromatic heterocycles. The van der Waals surface area contributed by atoms with Crippen molar-refractivity contribution in [2.24, 2.45) is 0 Å². The third-order valence-corrected chi connectivity index (χ3v) is 1.74. The maximum absolute atomic E-state index is 11.1. The molecule has 0 amide bonds. The number of alkyl halides is 1. The first-order valence-electron chi connectivity index (χ1n) is 3.72. The van der Waals surface area contributed by atoms with Gasteiger partial charge in [-0.05, 0) is 13.3 Å². The van der Waals surface area contributed by atoms with E-state index < -0.39 is 0 Å². The van der Waals surface area contributed by atoms with E-state index in [1.165, 1.54) is 0 Å². The van der Waals surface area contributed by atoms with Crippen molar-refractivity contribution in [2.45, 2.75) is 26.3 Å². The first-order valence-corrected chi connectivity index (χ1v) is 5.24. The molecule has 0 aliphatic heterocycles. The van der Waals surface area contributed by atoms with Gasteiger partial charge in [-0.25, -0.2) is 0 Å². The number of rotatable bonds is 5. The highest BCUT2D eigenvalue weighted by atomic mass is 127. The Morgan fingerprint density at radius 2 is 2.27 bits per heavy atom. The third kappa shape index (κ3) is 4.58. The van der Waals surface area contributed by atoms with Crippen molar-refractivity contribution in [3.05, 3.63) is 0 Å². The maximum atomic E-state index is 11.1. The molecule has 0 aromatic rings. The first-order chi connectivity index (χ1) is 5.26. The van der Waals surface area contributed by atoms with Crippen molar-refractivity contribution < 1.29 is 9.53 Å². The molecule has 0 aliphatic carbocycles. The van der Waals surface area contributed by atoms with E-state index in [0.717, 1.165) is 11.0 Å². The number of carbonyl (C=O) groups excluding carboxylic acids is 1. The van der Waals surface area contributed by atoms with Crippen molar-refractivity contribution in [1.29, 1.82) is 0 Å². The highest BCUT2D eigenvalue weighted by Gasteiger charge is 2.15. The lowest BCUT2D eigenvalue weighted by molar-refractivity contribution is -0.145.